The first kappa shape index (κ1) is 13.1. The lowest BCUT2D eigenvalue weighted by Gasteiger charge is -2.11. The molecule has 1 heterocycles. The molecule has 0 aliphatic carbocycles. The minimum absolute atomic E-state index is 0.0847. The van der Waals surface area contributed by atoms with Gasteiger partial charge in [0.2, 0.25) is 5.88 Å². The summed E-state index contributed by atoms with van der Waals surface area (Å²) in [5.41, 5.74) is -0.769. The molecule has 0 atom stereocenters. The second kappa shape index (κ2) is 4.74. The van der Waals surface area contributed by atoms with E-state index >= 15 is 0 Å². The van der Waals surface area contributed by atoms with Crippen LogP contribution in [0.15, 0.2) is 36.7 Å². The molecule has 0 aliphatic heterocycles. The van der Waals surface area contributed by atoms with Crippen molar-refractivity contribution >= 4 is 31.9 Å². The lowest BCUT2D eigenvalue weighted by molar-refractivity contribution is 0.426. The van der Waals surface area contributed by atoms with Crippen molar-refractivity contribution in [3.63, 3.8) is 0 Å². The molecule has 0 spiro atoms. The van der Waals surface area contributed by atoms with Crippen molar-refractivity contribution in [2.45, 2.75) is 6.92 Å². The third kappa shape index (κ3) is 2.15. The minimum Gasteiger partial charge on any atom is -0.494 e. The summed E-state index contributed by atoms with van der Waals surface area (Å²) in [5, 5.41) is 9.93. The van der Waals surface area contributed by atoms with Gasteiger partial charge in [0.1, 0.15) is 0 Å². The molecule has 0 radical (unpaired) electrons. The molecule has 2 N–H and O–H groups in total. The molecule has 1 aromatic carbocycles. The van der Waals surface area contributed by atoms with E-state index in [9.17, 15) is 14.7 Å². The number of aromatic hydroxyl groups is 1. The van der Waals surface area contributed by atoms with Crippen molar-refractivity contribution in [3.05, 3.63) is 53.5 Å². The number of hydrogen-bond acceptors (Lipinski definition) is 3. The average molecular weight is 376 g/mol. The van der Waals surface area contributed by atoms with Gasteiger partial charge in [0.05, 0.1) is 11.3 Å². The van der Waals surface area contributed by atoms with E-state index in [0.29, 0.717) is 10.2 Å². The van der Waals surface area contributed by atoms with E-state index in [0.717, 1.165) is 9.04 Å². The molecule has 94 valence electrons. The molecule has 0 amide bonds. The van der Waals surface area contributed by atoms with E-state index in [1.54, 1.807) is 18.2 Å². The van der Waals surface area contributed by atoms with Crippen LogP contribution < -0.4 is 11.2 Å². The van der Waals surface area contributed by atoms with Crippen molar-refractivity contribution in [2.24, 2.45) is 0 Å². The van der Waals surface area contributed by atoms with Crippen LogP contribution in [-0.2, 0) is 0 Å². The number of halogens is 2. The fraction of sp³-hybridized carbons (Fsp3) is 0.0909. The summed E-state index contributed by atoms with van der Waals surface area (Å²) in [6.07, 6.45) is 0. The summed E-state index contributed by atoms with van der Waals surface area (Å²) in [5.74, 6) is -0.373. The molecule has 0 aliphatic rings. The molecule has 1 aromatic heterocycles. The molecule has 0 bridgehead atoms. The van der Waals surface area contributed by atoms with E-state index in [1.807, 2.05) is 0 Å². The number of H-pyrrole nitrogens is 1. The number of nitrogens with one attached hydrogen (secondary N) is 1. The summed E-state index contributed by atoms with van der Waals surface area (Å²) in [6.45, 7) is 1.44. The highest BCUT2D eigenvalue weighted by Crippen LogP contribution is 2.26. The Morgan fingerprint density at radius 2 is 1.94 bits per heavy atom. The Morgan fingerprint density at radius 3 is 2.61 bits per heavy atom. The van der Waals surface area contributed by atoms with Gasteiger partial charge in [0, 0.05) is 8.95 Å². The van der Waals surface area contributed by atoms with Gasteiger partial charge in [-0.25, -0.2) is 9.36 Å². The predicted octanol–water partition coefficient (Wildman–Crippen LogP) is 2.06. The van der Waals surface area contributed by atoms with Crippen molar-refractivity contribution < 1.29 is 5.11 Å². The topological polar surface area (TPSA) is 75.1 Å². The monoisotopic (exact) mass is 374 g/mol. The largest absolute Gasteiger partial charge is 0.494 e. The molecule has 0 saturated carbocycles. The van der Waals surface area contributed by atoms with Crippen LogP contribution in [0, 0.1) is 6.92 Å². The number of aromatic amines is 1. The van der Waals surface area contributed by atoms with Crippen LogP contribution in [-0.4, -0.2) is 14.7 Å². The van der Waals surface area contributed by atoms with Crippen molar-refractivity contribution in [1.82, 2.24) is 9.55 Å². The van der Waals surface area contributed by atoms with Gasteiger partial charge < -0.3 is 5.11 Å². The molecule has 0 unspecified atom stereocenters. The number of benzene rings is 1. The molecular weight excluding hydrogens is 368 g/mol. The molecule has 2 aromatic rings. The highest BCUT2D eigenvalue weighted by molar-refractivity contribution is 9.11. The second-order valence-corrected chi connectivity index (χ2v) is 5.41. The lowest BCUT2D eigenvalue weighted by Crippen LogP contribution is -2.30. The van der Waals surface area contributed by atoms with Gasteiger partial charge >= 0.3 is 5.69 Å². The Morgan fingerprint density at radius 1 is 1.28 bits per heavy atom. The Labute approximate surface area is 118 Å². The highest BCUT2D eigenvalue weighted by atomic mass is 79.9. The van der Waals surface area contributed by atoms with Gasteiger partial charge in [0.25, 0.3) is 5.56 Å². The molecule has 18 heavy (non-hydrogen) atoms. The summed E-state index contributed by atoms with van der Waals surface area (Å²) in [4.78, 5) is 25.3. The van der Waals surface area contributed by atoms with Crippen LogP contribution in [0.5, 0.6) is 5.88 Å². The fourth-order valence-electron chi connectivity index (χ4n) is 1.49. The Bertz CT molecular complexity index is 734. The molecule has 0 fully saturated rings. The van der Waals surface area contributed by atoms with Crippen LogP contribution in [0.4, 0.5) is 0 Å². The lowest BCUT2D eigenvalue weighted by atomic mass is 10.3. The molecule has 7 heteroatoms. The minimum atomic E-state index is -0.693. The zero-order valence-corrected chi connectivity index (χ0v) is 12.4. The van der Waals surface area contributed by atoms with E-state index in [2.05, 4.69) is 36.8 Å². The number of aromatic nitrogens is 2. The first-order chi connectivity index (χ1) is 8.41. The zero-order valence-electron chi connectivity index (χ0n) is 9.20. The summed E-state index contributed by atoms with van der Waals surface area (Å²) < 4.78 is 2.40. The third-order valence-electron chi connectivity index (χ3n) is 2.46. The summed E-state index contributed by atoms with van der Waals surface area (Å²) >= 11 is 6.58. The van der Waals surface area contributed by atoms with E-state index < -0.39 is 11.2 Å². The van der Waals surface area contributed by atoms with Gasteiger partial charge in [0.15, 0.2) is 0 Å². The maximum absolute atomic E-state index is 11.8. The van der Waals surface area contributed by atoms with Crippen LogP contribution in [0.2, 0.25) is 0 Å². The van der Waals surface area contributed by atoms with E-state index in [1.165, 1.54) is 6.92 Å². The van der Waals surface area contributed by atoms with Gasteiger partial charge in [-0.3, -0.25) is 9.78 Å². The SMILES string of the molecule is Cc1c(O)n(-c2cc(Br)ccc2Br)c(=O)[nH]c1=O. The first-order valence-corrected chi connectivity index (χ1v) is 6.50. The molecular formula is C11H8Br2N2O3. The smallest absolute Gasteiger partial charge is 0.335 e. The molecule has 0 saturated heterocycles. The Kier molecular flexibility index (Phi) is 3.45. The van der Waals surface area contributed by atoms with Gasteiger partial charge in [-0.15, -0.1) is 0 Å². The van der Waals surface area contributed by atoms with Crippen LogP contribution in [0.1, 0.15) is 5.56 Å². The van der Waals surface area contributed by atoms with Crippen molar-refractivity contribution in [1.29, 1.82) is 0 Å². The van der Waals surface area contributed by atoms with Gasteiger partial charge in [-0.1, -0.05) is 15.9 Å². The Balaban J connectivity index is 2.88. The van der Waals surface area contributed by atoms with Crippen molar-refractivity contribution in [2.75, 3.05) is 0 Å². The quantitative estimate of drug-likeness (QED) is 0.801. The first-order valence-electron chi connectivity index (χ1n) is 4.92. The van der Waals surface area contributed by atoms with E-state index in [-0.39, 0.29) is 11.4 Å². The normalized spacial score (nSPS) is 10.6. The molecule has 5 nitrogen and oxygen atoms in total. The maximum atomic E-state index is 11.8. The summed E-state index contributed by atoms with van der Waals surface area (Å²) in [7, 11) is 0. The van der Waals surface area contributed by atoms with Crippen LogP contribution in [0.25, 0.3) is 5.69 Å². The standard InChI is InChI=1S/C11H8Br2N2O3/c1-5-9(16)14-11(18)15(10(5)17)8-4-6(12)2-3-7(8)13/h2-4,17H,1H3,(H,14,16,18). The van der Waals surface area contributed by atoms with Crippen LogP contribution >= 0.6 is 31.9 Å². The number of rotatable bonds is 1. The van der Waals surface area contributed by atoms with E-state index in [4.69, 9.17) is 0 Å². The van der Waals surface area contributed by atoms with Crippen molar-refractivity contribution in [3.8, 4) is 11.6 Å². The maximum Gasteiger partial charge on any atom is 0.335 e. The van der Waals surface area contributed by atoms with Crippen LogP contribution in [0.3, 0.4) is 0 Å². The van der Waals surface area contributed by atoms with Gasteiger partial charge in [-0.2, -0.15) is 0 Å². The zero-order chi connectivity index (χ0) is 13.4. The van der Waals surface area contributed by atoms with Gasteiger partial charge in [-0.05, 0) is 41.1 Å². The highest BCUT2D eigenvalue weighted by Gasteiger charge is 2.14. The fourth-order valence-corrected chi connectivity index (χ4v) is 2.27. The molecule has 2 rings (SSSR count). The third-order valence-corrected chi connectivity index (χ3v) is 3.62. The summed E-state index contributed by atoms with van der Waals surface area (Å²) in [6, 6.07) is 5.17. The number of hydrogen-bond donors (Lipinski definition) is 2. The second-order valence-electron chi connectivity index (χ2n) is 3.64. The Hall–Kier alpha value is -1.34. The number of nitrogens with zero attached hydrogens (tertiary/aromatic N) is 1. The predicted molar refractivity (Wildman–Crippen MR) is 74.5 cm³/mol. The average Bonchev–Trinajstić information content (AvgIpc) is 2.31.